The van der Waals surface area contributed by atoms with E-state index in [4.69, 9.17) is 10.5 Å². The summed E-state index contributed by atoms with van der Waals surface area (Å²) in [6, 6.07) is 11.1. The molecule has 0 saturated heterocycles. The number of allylic oxidation sites excluding steroid dienone is 1. The fraction of sp³-hybridized carbons (Fsp3) is 0.222. The zero-order valence-electron chi connectivity index (χ0n) is 13.5. The Hall–Kier alpha value is -1.57. The third-order valence-corrected chi connectivity index (χ3v) is 5.97. The first-order valence-electron chi connectivity index (χ1n) is 7.60. The number of rotatable bonds is 9. The summed E-state index contributed by atoms with van der Waals surface area (Å²) in [5, 5.41) is 0. The molecule has 0 aliphatic rings. The monoisotopic (exact) mass is 439 g/mol. The van der Waals surface area contributed by atoms with Gasteiger partial charge in [-0.25, -0.2) is 0 Å². The van der Waals surface area contributed by atoms with Crippen molar-refractivity contribution >= 4 is 56.5 Å². The van der Waals surface area contributed by atoms with E-state index in [9.17, 15) is 9.59 Å². The van der Waals surface area contributed by atoms with E-state index in [2.05, 4.69) is 22.5 Å². The van der Waals surface area contributed by atoms with Crippen LogP contribution < -0.4 is 5.73 Å². The standard InChI is InChI=1S/C18H18BrNO3S2/c1-12(24-15-7-3-2-6-13(15)20)5-4-8-18(22)23-11-14(21)16-9-10-17(19)25-16/h2-3,6-7,9-10H,1,4-5,8,11,20H2. The molecule has 1 aromatic carbocycles. The summed E-state index contributed by atoms with van der Waals surface area (Å²) in [4.78, 5) is 26.1. The quantitative estimate of drug-likeness (QED) is 0.248. The molecule has 7 heteroatoms. The second-order valence-electron chi connectivity index (χ2n) is 5.22. The zero-order valence-corrected chi connectivity index (χ0v) is 16.7. The molecule has 2 rings (SSSR count). The highest BCUT2D eigenvalue weighted by atomic mass is 79.9. The molecule has 0 atom stereocenters. The molecule has 1 aromatic heterocycles. The lowest BCUT2D eigenvalue weighted by molar-refractivity contribution is -0.142. The first-order valence-corrected chi connectivity index (χ1v) is 10.0. The molecule has 4 nitrogen and oxygen atoms in total. The molecule has 0 bridgehead atoms. The van der Waals surface area contributed by atoms with E-state index in [1.807, 2.05) is 24.3 Å². The molecule has 0 aliphatic carbocycles. The molecule has 0 aliphatic heterocycles. The van der Waals surface area contributed by atoms with Gasteiger partial charge in [0.25, 0.3) is 0 Å². The van der Waals surface area contributed by atoms with Crippen LogP contribution in [0.5, 0.6) is 0 Å². The predicted octanol–water partition coefficient (Wildman–Crippen LogP) is 5.30. The van der Waals surface area contributed by atoms with Gasteiger partial charge in [-0.3, -0.25) is 9.59 Å². The van der Waals surface area contributed by atoms with Crippen LogP contribution in [0.2, 0.25) is 0 Å². The summed E-state index contributed by atoms with van der Waals surface area (Å²) >= 11 is 6.13. The Morgan fingerprint density at radius 3 is 2.64 bits per heavy atom. The summed E-state index contributed by atoms with van der Waals surface area (Å²) in [6.07, 6.45) is 1.56. The second kappa shape index (κ2) is 9.79. The molecule has 25 heavy (non-hydrogen) atoms. The van der Waals surface area contributed by atoms with Gasteiger partial charge in [-0.1, -0.05) is 30.5 Å². The van der Waals surface area contributed by atoms with Crippen LogP contribution in [0.1, 0.15) is 28.9 Å². The van der Waals surface area contributed by atoms with Crippen LogP contribution in [0, 0.1) is 0 Å². The summed E-state index contributed by atoms with van der Waals surface area (Å²) < 4.78 is 5.91. The number of thioether (sulfide) groups is 1. The maximum Gasteiger partial charge on any atom is 0.306 e. The molecule has 0 unspecified atom stereocenters. The third kappa shape index (κ3) is 6.68. The number of carbonyl (C=O) groups is 2. The smallest absolute Gasteiger partial charge is 0.306 e. The molecule has 132 valence electrons. The largest absolute Gasteiger partial charge is 0.457 e. The molecule has 0 fully saturated rings. The highest BCUT2D eigenvalue weighted by molar-refractivity contribution is 9.11. The molecular formula is C18H18BrNO3S2. The highest BCUT2D eigenvalue weighted by Gasteiger charge is 2.12. The van der Waals surface area contributed by atoms with Crippen LogP contribution in [-0.2, 0) is 9.53 Å². The molecule has 2 aromatic rings. The summed E-state index contributed by atoms with van der Waals surface area (Å²) in [5.74, 6) is -0.565. The van der Waals surface area contributed by atoms with E-state index < -0.39 is 0 Å². The van der Waals surface area contributed by atoms with Crippen molar-refractivity contribution in [1.29, 1.82) is 0 Å². The first-order chi connectivity index (χ1) is 12.0. The topological polar surface area (TPSA) is 69.4 Å². The summed E-state index contributed by atoms with van der Waals surface area (Å²) in [6.45, 7) is 3.78. The van der Waals surface area contributed by atoms with Gasteiger partial charge in [0, 0.05) is 17.0 Å². The molecule has 0 radical (unpaired) electrons. The van der Waals surface area contributed by atoms with Crippen LogP contribution in [0.3, 0.4) is 0 Å². The number of nitrogen functional groups attached to an aromatic ring is 1. The van der Waals surface area contributed by atoms with Crippen molar-refractivity contribution in [3.05, 3.63) is 56.5 Å². The Kier molecular flexibility index (Phi) is 7.74. The number of hydrogen-bond donors (Lipinski definition) is 1. The Bertz CT molecular complexity index is 773. The average molecular weight is 440 g/mol. The van der Waals surface area contributed by atoms with Gasteiger partial charge in [-0.2, -0.15) is 0 Å². The van der Waals surface area contributed by atoms with Crippen molar-refractivity contribution < 1.29 is 14.3 Å². The van der Waals surface area contributed by atoms with Crippen molar-refractivity contribution in [2.45, 2.75) is 24.2 Å². The van der Waals surface area contributed by atoms with Crippen molar-refractivity contribution in [2.75, 3.05) is 12.3 Å². The van der Waals surface area contributed by atoms with E-state index in [-0.39, 0.29) is 24.8 Å². The number of thiophene rings is 1. The van der Waals surface area contributed by atoms with E-state index in [0.717, 1.165) is 13.6 Å². The van der Waals surface area contributed by atoms with E-state index in [1.165, 1.54) is 23.1 Å². The fourth-order valence-electron chi connectivity index (χ4n) is 1.96. The van der Waals surface area contributed by atoms with Crippen LogP contribution in [0.15, 0.2) is 56.6 Å². The van der Waals surface area contributed by atoms with Crippen molar-refractivity contribution in [2.24, 2.45) is 0 Å². The number of anilines is 1. The maximum atomic E-state index is 11.9. The zero-order chi connectivity index (χ0) is 18.2. The van der Waals surface area contributed by atoms with E-state index in [1.54, 1.807) is 12.1 Å². The Morgan fingerprint density at radius 2 is 1.96 bits per heavy atom. The predicted molar refractivity (Wildman–Crippen MR) is 107 cm³/mol. The molecule has 0 saturated carbocycles. The van der Waals surface area contributed by atoms with Crippen LogP contribution in [-0.4, -0.2) is 18.4 Å². The number of ether oxygens (including phenoxy) is 1. The highest BCUT2D eigenvalue weighted by Crippen LogP contribution is 2.32. The number of hydrogen-bond acceptors (Lipinski definition) is 6. The number of esters is 1. The number of Topliss-reactive ketones (excluding diaryl/α,β-unsaturated/α-hetero) is 1. The van der Waals surface area contributed by atoms with Gasteiger partial charge in [0.05, 0.1) is 8.66 Å². The number of halogens is 1. The first kappa shape index (κ1) is 19.8. The van der Waals surface area contributed by atoms with Crippen molar-refractivity contribution in [3.63, 3.8) is 0 Å². The molecule has 0 amide bonds. The number of benzene rings is 1. The van der Waals surface area contributed by atoms with Crippen molar-refractivity contribution in [3.8, 4) is 0 Å². The minimum Gasteiger partial charge on any atom is -0.457 e. The number of carbonyl (C=O) groups excluding carboxylic acids is 2. The lowest BCUT2D eigenvalue weighted by Crippen LogP contribution is -2.13. The van der Waals surface area contributed by atoms with Crippen molar-refractivity contribution in [1.82, 2.24) is 0 Å². The normalized spacial score (nSPS) is 10.4. The molecular weight excluding hydrogens is 422 g/mol. The van der Waals surface area contributed by atoms with E-state index in [0.29, 0.717) is 23.4 Å². The lowest BCUT2D eigenvalue weighted by Gasteiger charge is -2.08. The molecule has 2 N–H and O–H groups in total. The number of nitrogens with two attached hydrogens (primary N) is 1. The maximum absolute atomic E-state index is 11.9. The van der Waals surface area contributed by atoms with Gasteiger partial charge in [0.2, 0.25) is 5.78 Å². The van der Waals surface area contributed by atoms with Gasteiger partial charge in [-0.05, 0) is 57.9 Å². The minimum absolute atomic E-state index is 0.191. The fourth-order valence-corrected chi connectivity index (χ4v) is 4.16. The molecule has 1 heterocycles. The van der Waals surface area contributed by atoms with Crippen LogP contribution in [0.25, 0.3) is 0 Å². The van der Waals surface area contributed by atoms with Gasteiger partial charge in [0.15, 0.2) is 6.61 Å². The SMILES string of the molecule is C=C(CCCC(=O)OCC(=O)c1ccc(Br)s1)Sc1ccccc1N. The second-order valence-corrected chi connectivity index (χ2v) is 8.90. The minimum atomic E-state index is -0.374. The Labute approximate surface area is 163 Å². The van der Waals surface area contributed by atoms with Crippen LogP contribution in [0.4, 0.5) is 5.69 Å². The summed E-state index contributed by atoms with van der Waals surface area (Å²) in [7, 11) is 0. The Balaban J connectivity index is 1.65. The van der Waals surface area contributed by atoms with Gasteiger partial charge >= 0.3 is 5.97 Å². The number of ketones is 1. The number of para-hydroxylation sites is 1. The molecule has 0 spiro atoms. The average Bonchev–Trinajstić information content (AvgIpc) is 3.01. The van der Waals surface area contributed by atoms with E-state index >= 15 is 0 Å². The van der Waals surface area contributed by atoms with Gasteiger partial charge < -0.3 is 10.5 Å². The van der Waals surface area contributed by atoms with Crippen LogP contribution >= 0.6 is 39.0 Å². The third-order valence-electron chi connectivity index (χ3n) is 3.22. The summed E-state index contributed by atoms with van der Waals surface area (Å²) in [5.41, 5.74) is 6.61. The van der Waals surface area contributed by atoms with Gasteiger partial charge in [0.1, 0.15) is 0 Å². The van der Waals surface area contributed by atoms with Gasteiger partial charge in [-0.15, -0.1) is 11.3 Å². The Morgan fingerprint density at radius 1 is 1.20 bits per heavy atom. The lowest BCUT2D eigenvalue weighted by atomic mass is 10.2.